The zero-order valence-electron chi connectivity index (χ0n) is 9.37. The van der Waals surface area contributed by atoms with E-state index >= 15 is 0 Å². The Balaban J connectivity index is 1.88. The number of hydrogen-bond donors (Lipinski definition) is 1. The molecule has 1 amide bonds. The number of piperazine rings is 1. The monoisotopic (exact) mass is 212 g/mol. The van der Waals surface area contributed by atoms with Gasteiger partial charge in [0, 0.05) is 32.3 Å². The van der Waals surface area contributed by atoms with Gasteiger partial charge < -0.3 is 15.0 Å². The summed E-state index contributed by atoms with van der Waals surface area (Å²) in [4.78, 5) is 14.1. The van der Waals surface area contributed by atoms with Gasteiger partial charge >= 0.3 is 0 Å². The molecule has 0 saturated carbocycles. The summed E-state index contributed by atoms with van der Waals surface area (Å²) in [7, 11) is 0. The van der Waals surface area contributed by atoms with Crippen LogP contribution in [-0.2, 0) is 9.53 Å². The second-order valence-corrected chi connectivity index (χ2v) is 4.55. The zero-order valence-corrected chi connectivity index (χ0v) is 9.37. The minimum atomic E-state index is 0.115. The number of ether oxygens (including phenoxy) is 1. The van der Waals surface area contributed by atoms with E-state index in [2.05, 4.69) is 12.2 Å². The van der Waals surface area contributed by atoms with E-state index in [1.165, 1.54) is 0 Å². The van der Waals surface area contributed by atoms with Crippen LogP contribution in [0.4, 0.5) is 0 Å². The van der Waals surface area contributed by atoms with Crippen molar-refractivity contribution in [3.8, 4) is 0 Å². The van der Waals surface area contributed by atoms with Gasteiger partial charge in [-0.1, -0.05) is 0 Å². The van der Waals surface area contributed by atoms with Crippen LogP contribution >= 0.6 is 0 Å². The molecule has 0 radical (unpaired) electrons. The normalized spacial score (nSPS) is 32.7. The molecule has 2 aliphatic heterocycles. The topological polar surface area (TPSA) is 41.6 Å². The average molecular weight is 212 g/mol. The van der Waals surface area contributed by atoms with E-state index in [1.54, 1.807) is 0 Å². The Hall–Kier alpha value is -0.610. The van der Waals surface area contributed by atoms with Gasteiger partial charge in [-0.3, -0.25) is 4.79 Å². The molecule has 2 heterocycles. The number of carbonyl (C=O) groups excluding carboxylic acids is 1. The van der Waals surface area contributed by atoms with Crippen LogP contribution in [0.3, 0.4) is 0 Å². The lowest BCUT2D eigenvalue weighted by Gasteiger charge is -2.35. The molecule has 0 aromatic heterocycles. The van der Waals surface area contributed by atoms with Crippen LogP contribution in [-0.4, -0.2) is 49.7 Å². The van der Waals surface area contributed by atoms with Crippen LogP contribution in [0.2, 0.25) is 0 Å². The van der Waals surface area contributed by atoms with Crippen LogP contribution in [0, 0.1) is 5.92 Å². The SMILES string of the molecule is C[C@@H]1CN(C(=O)C2CCCOC2)CCN1. The first-order chi connectivity index (χ1) is 7.27. The van der Waals surface area contributed by atoms with Crippen LogP contribution in [0.1, 0.15) is 19.8 Å². The smallest absolute Gasteiger partial charge is 0.228 e. The molecule has 0 aromatic rings. The third kappa shape index (κ3) is 2.69. The number of amides is 1. The quantitative estimate of drug-likeness (QED) is 0.676. The van der Waals surface area contributed by atoms with Crippen LogP contribution in [0.5, 0.6) is 0 Å². The van der Waals surface area contributed by atoms with Gasteiger partial charge in [-0.2, -0.15) is 0 Å². The van der Waals surface area contributed by atoms with Crippen molar-refractivity contribution in [3.05, 3.63) is 0 Å². The standard InChI is InChI=1S/C11H20N2O2/c1-9-7-13(5-4-12-9)11(14)10-3-2-6-15-8-10/h9-10,12H,2-8H2,1H3/t9-,10?/m1/s1. The number of nitrogens with one attached hydrogen (secondary N) is 1. The van der Waals surface area contributed by atoms with Crippen LogP contribution in [0.25, 0.3) is 0 Å². The van der Waals surface area contributed by atoms with Crippen LogP contribution < -0.4 is 5.32 Å². The van der Waals surface area contributed by atoms with Gasteiger partial charge in [-0.25, -0.2) is 0 Å². The van der Waals surface area contributed by atoms with Crippen LogP contribution in [0.15, 0.2) is 0 Å². The summed E-state index contributed by atoms with van der Waals surface area (Å²) in [5.74, 6) is 0.409. The molecule has 2 aliphatic rings. The van der Waals surface area contributed by atoms with Gasteiger partial charge in [0.2, 0.25) is 5.91 Å². The molecule has 86 valence electrons. The molecule has 1 unspecified atom stereocenters. The zero-order chi connectivity index (χ0) is 10.7. The fraction of sp³-hybridized carbons (Fsp3) is 0.909. The Morgan fingerprint density at radius 3 is 3.07 bits per heavy atom. The lowest BCUT2D eigenvalue weighted by Crippen LogP contribution is -2.53. The highest BCUT2D eigenvalue weighted by molar-refractivity contribution is 5.79. The second kappa shape index (κ2) is 4.94. The van der Waals surface area contributed by atoms with Crippen molar-refractivity contribution in [2.45, 2.75) is 25.8 Å². The minimum Gasteiger partial charge on any atom is -0.381 e. The summed E-state index contributed by atoms with van der Waals surface area (Å²) in [6.07, 6.45) is 2.02. The number of carbonyl (C=O) groups is 1. The molecule has 2 saturated heterocycles. The number of nitrogens with zero attached hydrogens (tertiary/aromatic N) is 1. The fourth-order valence-corrected chi connectivity index (χ4v) is 2.33. The Bertz CT molecular complexity index is 227. The van der Waals surface area contributed by atoms with Crippen molar-refractivity contribution in [2.24, 2.45) is 5.92 Å². The van der Waals surface area contributed by atoms with Crippen molar-refractivity contribution < 1.29 is 9.53 Å². The first kappa shape index (κ1) is 10.9. The summed E-state index contributed by atoms with van der Waals surface area (Å²) in [6, 6.07) is 0.423. The van der Waals surface area contributed by atoms with Gasteiger partial charge in [0.25, 0.3) is 0 Å². The summed E-state index contributed by atoms with van der Waals surface area (Å²) in [6.45, 7) is 6.17. The number of hydrogen-bond acceptors (Lipinski definition) is 3. The molecule has 0 aromatic carbocycles. The molecule has 0 spiro atoms. The molecule has 4 nitrogen and oxygen atoms in total. The highest BCUT2D eigenvalue weighted by Gasteiger charge is 2.28. The maximum absolute atomic E-state index is 12.1. The van der Waals surface area contributed by atoms with Gasteiger partial charge in [0.1, 0.15) is 0 Å². The molecule has 0 bridgehead atoms. The van der Waals surface area contributed by atoms with Crippen molar-refractivity contribution in [3.63, 3.8) is 0 Å². The Labute approximate surface area is 91.0 Å². The van der Waals surface area contributed by atoms with E-state index in [1.807, 2.05) is 4.90 Å². The lowest BCUT2D eigenvalue weighted by molar-refractivity contribution is -0.140. The molecule has 4 heteroatoms. The lowest BCUT2D eigenvalue weighted by atomic mass is 10.00. The third-order valence-corrected chi connectivity index (χ3v) is 3.19. The Morgan fingerprint density at radius 2 is 2.40 bits per heavy atom. The summed E-state index contributed by atoms with van der Waals surface area (Å²) in [5, 5.41) is 3.34. The van der Waals surface area contributed by atoms with E-state index < -0.39 is 0 Å². The molecule has 2 rings (SSSR count). The summed E-state index contributed by atoms with van der Waals surface area (Å²) >= 11 is 0. The largest absolute Gasteiger partial charge is 0.381 e. The maximum atomic E-state index is 12.1. The average Bonchev–Trinajstić information content (AvgIpc) is 2.29. The molecule has 1 N–H and O–H groups in total. The first-order valence-electron chi connectivity index (χ1n) is 5.87. The third-order valence-electron chi connectivity index (χ3n) is 3.19. The van der Waals surface area contributed by atoms with Gasteiger partial charge in [-0.15, -0.1) is 0 Å². The predicted molar refractivity (Wildman–Crippen MR) is 57.6 cm³/mol. The predicted octanol–water partition coefficient (Wildman–Crippen LogP) is 0.233. The Morgan fingerprint density at radius 1 is 1.53 bits per heavy atom. The first-order valence-corrected chi connectivity index (χ1v) is 5.87. The minimum absolute atomic E-state index is 0.115. The Kier molecular flexibility index (Phi) is 3.59. The van der Waals surface area contributed by atoms with Crippen molar-refractivity contribution in [2.75, 3.05) is 32.8 Å². The van der Waals surface area contributed by atoms with Crippen molar-refractivity contribution in [1.29, 1.82) is 0 Å². The van der Waals surface area contributed by atoms with Gasteiger partial charge in [0.05, 0.1) is 12.5 Å². The highest BCUT2D eigenvalue weighted by Crippen LogP contribution is 2.17. The summed E-state index contributed by atoms with van der Waals surface area (Å²) < 4.78 is 5.36. The van der Waals surface area contributed by atoms with E-state index in [-0.39, 0.29) is 5.92 Å². The molecule has 15 heavy (non-hydrogen) atoms. The van der Waals surface area contributed by atoms with E-state index in [0.717, 1.165) is 39.1 Å². The number of rotatable bonds is 1. The van der Waals surface area contributed by atoms with Crippen molar-refractivity contribution >= 4 is 5.91 Å². The molecule has 0 aliphatic carbocycles. The molecule has 2 fully saturated rings. The van der Waals surface area contributed by atoms with Crippen molar-refractivity contribution in [1.82, 2.24) is 10.2 Å². The van der Waals surface area contributed by atoms with E-state index in [0.29, 0.717) is 18.6 Å². The maximum Gasteiger partial charge on any atom is 0.228 e. The van der Waals surface area contributed by atoms with Gasteiger partial charge in [-0.05, 0) is 19.8 Å². The molecular weight excluding hydrogens is 192 g/mol. The fourth-order valence-electron chi connectivity index (χ4n) is 2.33. The van der Waals surface area contributed by atoms with Gasteiger partial charge in [0.15, 0.2) is 0 Å². The van der Waals surface area contributed by atoms with E-state index in [9.17, 15) is 4.79 Å². The highest BCUT2D eigenvalue weighted by atomic mass is 16.5. The summed E-state index contributed by atoms with van der Waals surface area (Å²) in [5.41, 5.74) is 0. The molecular formula is C11H20N2O2. The van der Waals surface area contributed by atoms with E-state index in [4.69, 9.17) is 4.74 Å². The second-order valence-electron chi connectivity index (χ2n) is 4.55. The molecule has 2 atom stereocenters.